The minimum Gasteiger partial charge on any atom is -0.424 e. The Morgan fingerprint density at radius 2 is 2.10 bits per heavy atom. The molecule has 1 aromatic carbocycles. The van der Waals surface area contributed by atoms with Gasteiger partial charge in [0.25, 0.3) is 0 Å². The van der Waals surface area contributed by atoms with Crippen LogP contribution in [-0.2, 0) is 12.7 Å². The quantitative estimate of drug-likeness (QED) is 0.936. The number of anilines is 1. The zero-order valence-corrected chi connectivity index (χ0v) is 10.3. The van der Waals surface area contributed by atoms with E-state index in [9.17, 15) is 13.2 Å². The van der Waals surface area contributed by atoms with Crippen LogP contribution in [0.1, 0.15) is 22.9 Å². The second kappa shape index (κ2) is 5.21. The molecule has 0 atom stereocenters. The molecule has 20 heavy (non-hydrogen) atoms. The Hall–Kier alpha value is -2.56. The molecule has 104 valence electrons. The summed E-state index contributed by atoms with van der Waals surface area (Å²) in [5.41, 5.74) is -1.18. The minimum absolute atomic E-state index is 0.101. The van der Waals surface area contributed by atoms with Crippen molar-refractivity contribution in [2.45, 2.75) is 19.6 Å². The summed E-state index contributed by atoms with van der Waals surface area (Å²) < 4.78 is 43.4. The number of rotatable bonds is 3. The SMILES string of the molecule is Cc1nnc(CNc2ccc(C#N)c(C(F)(F)F)c2)o1. The average molecular weight is 282 g/mol. The first kappa shape index (κ1) is 13.9. The smallest absolute Gasteiger partial charge is 0.417 e. The summed E-state index contributed by atoms with van der Waals surface area (Å²) in [6.45, 7) is 1.71. The van der Waals surface area contributed by atoms with Crippen molar-refractivity contribution in [2.24, 2.45) is 0 Å². The van der Waals surface area contributed by atoms with E-state index in [1.54, 1.807) is 6.92 Å². The summed E-state index contributed by atoms with van der Waals surface area (Å²) in [5, 5.41) is 18.7. The highest BCUT2D eigenvalue weighted by Gasteiger charge is 2.33. The van der Waals surface area contributed by atoms with Gasteiger partial charge >= 0.3 is 6.18 Å². The maximum atomic E-state index is 12.8. The Bertz CT molecular complexity index is 657. The van der Waals surface area contributed by atoms with E-state index < -0.39 is 17.3 Å². The van der Waals surface area contributed by atoms with Crippen LogP contribution >= 0.6 is 0 Å². The lowest BCUT2D eigenvalue weighted by atomic mass is 10.1. The molecule has 0 aliphatic rings. The first-order valence-electron chi connectivity index (χ1n) is 5.54. The largest absolute Gasteiger partial charge is 0.424 e. The van der Waals surface area contributed by atoms with Crippen LogP contribution in [0.15, 0.2) is 22.6 Å². The third-order valence-corrected chi connectivity index (χ3v) is 2.46. The maximum Gasteiger partial charge on any atom is 0.417 e. The zero-order valence-electron chi connectivity index (χ0n) is 10.3. The molecule has 0 amide bonds. The molecule has 1 aromatic heterocycles. The van der Waals surface area contributed by atoms with E-state index in [2.05, 4.69) is 15.5 Å². The van der Waals surface area contributed by atoms with Crippen molar-refractivity contribution in [1.82, 2.24) is 10.2 Å². The lowest BCUT2D eigenvalue weighted by Crippen LogP contribution is -2.09. The van der Waals surface area contributed by atoms with Gasteiger partial charge in [-0.15, -0.1) is 10.2 Å². The molecule has 0 spiro atoms. The first-order valence-corrected chi connectivity index (χ1v) is 5.54. The van der Waals surface area contributed by atoms with E-state index in [4.69, 9.17) is 9.68 Å². The number of benzene rings is 1. The average Bonchev–Trinajstić information content (AvgIpc) is 2.81. The van der Waals surface area contributed by atoms with E-state index in [1.807, 2.05) is 0 Å². The molecule has 1 heterocycles. The molecule has 1 N–H and O–H groups in total. The van der Waals surface area contributed by atoms with Gasteiger partial charge in [-0.25, -0.2) is 0 Å². The minimum atomic E-state index is -4.58. The van der Waals surface area contributed by atoms with Gasteiger partial charge in [-0.05, 0) is 18.2 Å². The van der Waals surface area contributed by atoms with Crippen LogP contribution in [0.4, 0.5) is 18.9 Å². The number of hydrogen-bond donors (Lipinski definition) is 1. The number of hydrogen-bond acceptors (Lipinski definition) is 5. The first-order chi connectivity index (χ1) is 9.40. The summed E-state index contributed by atoms with van der Waals surface area (Å²) in [6, 6.07) is 4.90. The fraction of sp³-hybridized carbons (Fsp3) is 0.250. The normalized spacial score (nSPS) is 11.2. The van der Waals surface area contributed by atoms with Crippen LogP contribution in [0, 0.1) is 18.3 Å². The van der Waals surface area contributed by atoms with Crippen molar-refractivity contribution in [3.63, 3.8) is 0 Å². The molecule has 5 nitrogen and oxygen atoms in total. The fourth-order valence-corrected chi connectivity index (χ4v) is 1.57. The van der Waals surface area contributed by atoms with Crippen molar-refractivity contribution in [2.75, 3.05) is 5.32 Å². The molecule has 0 aliphatic heterocycles. The molecule has 0 saturated heterocycles. The van der Waals surface area contributed by atoms with Gasteiger partial charge in [-0.3, -0.25) is 0 Å². The Kier molecular flexibility index (Phi) is 3.61. The lowest BCUT2D eigenvalue weighted by Gasteiger charge is -2.11. The molecule has 2 rings (SSSR count). The molecule has 0 bridgehead atoms. The van der Waals surface area contributed by atoms with Crippen molar-refractivity contribution >= 4 is 5.69 Å². The van der Waals surface area contributed by atoms with Crippen LogP contribution in [-0.4, -0.2) is 10.2 Å². The van der Waals surface area contributed by atoms with Crippen LogP contribution in [0.3, 0.4) is 0 Å². The molecule has 0 saturated carbocycles. The Balaban J connectivity index is 2.19. The maximum absolute atomic E-state index is 12.8. The number of alkyl halides is 3. The molecule has 0 radical (unpaired) electrons. The zero-order chi connectivity index (χ0) is 14.8. The van der Waals surface area contributed by atoms with Crippen LogP contribution in [0.25, 0.3) is 0 Å². The van der Waals surface area contributed by atoms with Crippen molar-refractivity contribution in [3.05, 3.63) is 41.1 Å². The highest BCUT2D eigenvalue weighted by Crippen LogP contribution is 2.33. The van der Waals surface area contributed by atoms with Gasteiger partial charge in [0.2, 0.25) is 11.8 Å². The highest BCUT2D eigenvalue weighted by molar-refractivity contribution is 5.53. The summed E-state index contributed by atoms with van der Waals surface area (Å²) in [5.74, 6) is 0.637. The number of aromatic nitrogens is 2. The van der Waals surface area contributed by atoms with Crippen LogP contribution in [0.5, 0.6) is 0 Å². The Morgan fingerprint density at radius 3 is 2.65 bits per heavy atom. The standard InChI is InChI=1S/C12H9F3N4O/c1-7-18-19-11(20-7)6-17-9-3-2-8(5-16)10(4-9)12(13,14)15/h2-4,17H,6H2,1H3. The van der Waals surface area contributed by atoms with Gasteiger partial charge in [0.15, 0.2) is 0 Å². The van der Waals surface area contributed by atoms with Crippen molar-refractivity contribution < 1.29 is 17.6 Å². The third kappa shape index (κ3) is 3.06. The number of nitrogens with one attached hydrogen (secondary N) is 1. The number of halogens is 3. The van der Waals surface area contributed by atoms with Crippen molar-refractivity contribution in [3.8, 4) is 6.07 Å². The van der Waals surface area contributed by atoms with Crippen LogP contribution < -0.4 is 5.32 Å². The summed E-state index contributed by atoms with van der Waals surface area (Å²) in [6.07, 6.45) is -4.58. The Labute approximate surface area is 112 Å². The molecule has 8 heteroatoms. The summed E-state index contributed by atoms with van der Waals surface area (Å²) >= 11 is 0. The van der Waals surface area contributed by atoms with Crippen molar-refractivity contribution in [1.29, 1.82) is 5.26 Å². The number of nitriles is 1. The van der Waals surface area contributed by atoms with E-state index in [1.165, 1.54) is 12.1 Å². The van der Waals surface area contributed by atoms with E-state index in [0.29, 0.717) is 5.89 Å². The lowest BCUT2D eigenvalue weighted by molar-refractivity contribution is -0.137. The van der Waals surface area contributed by atoms with Gasteiger partial charge in [-0.1, -0.05) is 0 Å². The van der Waals surface area contributed by atoms with Gasteiger partial charge in [0.05, 0.1) is 23.7 Å². The Morgan fingerprint density at radius 1 is 1.35 bits per heavy atom. The summed E-state index contributed by atoms with van der Waals surface area (Å²) in [4.78, 5) is 0. The third-order valence-electron chi connectivity index (χ3n) is 2.46. The topological polar surface area (TPSA) is 74.7 Å². The molecular formula is C12H9F3N4O. The fourth-order valence-electron chi connectivity index (χ4n) is 1.57. The van der Waals surface area contributed by atoms with E-state index >= 15 is 0 Å². The molecule has 0 unspecified atom stereocenters. The van der Waals surface area contributed by atoms with Crippen LogP contribution in [0.2, 0.25) is 0 Å². The van der Waals surface area contributed by atoms with E-state index in [0.717, 1.165) is 12.1 Å². The molecule has 0 fully saturated rings. The van der Waals surface area contributed by atoms with Gasteiger partial charge in [-0.2, -0.15) is 18.4 Å². The summed E-state index contributed by atoms with van der Waals surface area (Å²) in [7, 11) is 0. The highest BCUT2D eigenvalue weighted by atomic mass is 19.4. The number of aryl methyl sites for hydroxylation is 1. The monoisotopic (exact) mass is 282 g/mol. The van der Waals surface area contributed by atoms with Gasteiger partial charge in [0, 0.05) is 12.6 Å². The molecule has 0 aliphatic carbocycles. The van der Waals surface area contributed by atoms with Gasteiger partial charge in [0.1, 0.15) is 0 Å². The van der Waals surface area contributed by atoms with Gasteiger partial charge < -0.3 is 9.73 Å². The predicted octanol–water partition coefficient (Wildman–Crippen LogP) is 2.88. The number of nitrogens with zero attached hydrogens (tertiary/aromatic N) is 3. The molecular weight excluding hydrogens is 273 g/mol. The second-order valence-corrected chi connectivity index (χ2v) is 3.94. The second-order valence-electron chi connectivity index (χ2n) is 3.94. The predicted molar refractivity (Wildman–Crippen MR) is 62.5 cm³/mol. The molecule has 2 aromatic rings. The van der Waals surface area contributed by atoms with E-state index in [-0.39, 0.29) is 18.1 Å².